The number of hydrogen-bond donors (Lipinski definition) is 1. The molecule has 0 unspecified atom stereocenters. The minimum Gasteiger partial charge on any atom is -0.384 e. The van der Waals surface area contributed by atoms with Crippen LogP contribution in [-0.2, 0) is 0 Å². The molecule has 0 bridgehead atoms. The Morgan fingerprint density at radius 1 is 1.38 bits per heavy atom. The summed E-state index contributed by atoms with van der Waals surface area (Å²) in [5.74, 6) is 0. The van der Waals surface area contributed by atoms with Crippen molar-refractivity contribution in [3.8, 4) is 0 Å². The van der Waals surface area contributed by atoms with E-state index in [4.69, 9.17) is 0 Å². The number of nitrogens with one attached hydrogen (secondary N) is 1. The minimum atomic E-state index is 0.214. The van der Waals surface area contributed by atoms with Crippen LogP contribution in [0.4, 0.5) is 0 Å². The van der Waals surface area contributed by atoms with Crippen molar-refractivity contribution in [3.05, 3.63) is 35.1 Å². The van der Waals surface area contributed by atoms with E-state index in [1.54, 1.807) is 0 Å². The van der Waals surface area contributed by atoms with Crippen LogP contribution in [0, 0.1) is 5.41 Å². The van der Waals surface area contributed by atoms with Gasteiger partial charge in [0.25, 0.3) is 0 Å². The molecule has 0 aromatic heterocycles. The van der Waals surface area contributed by atoms with E-state index in [-0.39, 0.29) is 5.41 Å². The van der Waals surface area contributed by atoms with Gasteiger partial charge in [-0.2, -0.15) is 0 Å². The number of rotatable bonds is 0. The highest BCUT2D eigenvalue weighted by Crippen LogP contribution is 2.33. The molecule has 1 aliphatic heterocycles. The topological polar surface area (TPSA) is 12.0 Å². The van der Waals surface area contributed by atoms with Gasteiger partial charge in [-0.3, -0.25) is 0 Å². The van der Waals surface area contributed by atoms with Crippen molar-refractivity contribution >= 4 is 0 Å². The Balaban J connectivity index is 2.43. The quantitative estimate of drug-likeness (QED) is 0.597. The molecule has 0 radical (unpaired) electrons. The van der Waals surface area contributed by atoms with Gasteiger partial charge in [-0.05, 0) is 25.0 Å². The molecule has 0 saturated heterocycles. The van der Waals surface area contributed by atoms with E-state index in [9.17, 15) is 0 Å². The van der Waals surface area contributed by atoms with Gasteiger partial charge in [0.15, 0.2) is 0 Å². The van der Waals surface area contributed by atoms with Crippen LogP contribution in [0.15, 0.2) is 35.1 Å². The molecule has 13 heavy (non-hydrogen) atoms. The van der Waals surface area contributed by atoms with Crippen LogP contribution in [0.5, 0.6) is 0 Å². The summed E-state index contributed by atoms with van der Waals surface area (Å²) in [6, 6.07) is 0. The fraction of sp³-hybridized carbons (Fsp3) is 0.500. The van der Waals surface area contributed by atoms with E-state index in [0.29, 0.717) is 0 Å². The van der Waals surface area contributed by atoms with Gasteiger partial charge in [0, 0.05) is 17.7 Å². The summed E-state index contributed by atoms with van der Waals surface area (Å²) < 4.78 is 0. The molecule has 0 aromatic rings. The van der Waals surface area contributed by atoms with Crippen molar-refractivity contribution < 1.29 is 0 Å². The molecule has 0 saturated carbocycles. The van der Waals surface area contributed by atoms with Gasteiger partial charge in [0.05, 0.1) is 0 Å². The van der Waals surface area contributed by atoms with E-state index in [1.807, 2.05) is 0 Å². The normalized spacial score (nSPS) is 25.0. The largest absolute Gasteiger partial charge is 0.384 e. The van der Waals surface area contributed by atoms with Gasteiger partial charge in [-0.25, -0.2) is 0 Å². The summed E-state index contributed by atoms with van der Waals surface area (Å²) >= 11 is 0. The van der Waals surface area contributed by atoms with Crippen LogP contribution in [0.25, 0.3) is 0 Å². The van der Waals surface area contributed by atoms with Gasteiger partial charge in [0.1, 0.15) is 0 Å². The first-order valence-corrected chi connectivity index (χ1v) is 4.95. The first kappa shape index (κ1) is 8.61. The second-order valence-corrected chi connectivity index (χ2v) is 4.50. The van der Waals surface area contributed by atoms with Gasteiger partial charge >= 0.3 is 0 Å². The SMILES string of the molecule is CC1=CC2=C(C=CC1(C)C)CCN2. The third kappa shape index (κ3) is 1.43. The Morgan fingerprint density at radius 2 is 2.15 bits per heavy atom. The smallest absolute Gasteiger partial charge is 0.0373 e. The van der Waals surface area contributed by atoms with Crippen molar-refractivity contribution in [2.75, 3.05) is 6.54 Å². The van der Waals surface area contributed by atoms with Crippen LogP contribution >= 0.6 is 0 Å². The lowest BCUT2D eigenvalue weighted by molar-refractivity contribution is 0.579. The molecule has 0 atom stereocenters. The zero-order valence-electron chi connectivity index (χ0n) is 8.65. The lowest BCUT2D eigenvalue weighted by atomic mass is 9.85. The molecule has 0 spiro atoms. The molecule has 0 amide bonds. The van der Waals surface area contributed by atoms with Gasteiger partial charge in [0.2, 0.25) is 0 Å². The molecule has 1 heterocycles. The second-order valence-electron chi connectivity index (χ2n) is 4.50. The van der Waals surface area contributed by atoms with E-state index in [1.165, 1.54) is 23.3 Å². The Labute approximate surface area is 80.2 Å². The Bertz CT molecular complexity index is 316. The summed E-state index contributed by atoms with van der Waals surface area (Å²) in [5, 5.41) is 3.42. The second kappa shape index (κ2) is 2.76. The average Bonchev–Trinajstić information content (AvgIpc) is 2.45. The molecule has 1 aliphatic carbocycles. The van der Waals surface area contributed by atoms with Crippen LogP contribution < -0.4 is 5.32 Å². The highest BCUT2D eigenvalue weighted by Gasteiger charge is 2.21. The molecule has 2 aliphatic rings. The molecular formula is C12H17N. The van der Waals surface area contributed by atoms with Crippen molar-refractivity contribution in [2.24, 2.45) is 5.41 Å². The van der Waals surface area contributed by atoms with Crippen LogP contribution in [0.2, 0.25) is 0 Å². The van der Waals surface area contributed by atoms with Gasteiger partial charge < -0.3 is 5.32 Å². The molecule has 1 heteroatoms. The molecule has 2 rings (SSSR count). The van der Waals surface area contributed by atoms with Crippen molar-refractivity contribution in [1.82, 2.24) is 5.32 Å². The average molecular weight is 175 g/mol. The first-order valence-electron chi connectivity index (χ1n) is 4.95. The van der Waals surface area contributed by atoms with E-state index < -0.39 is 0 Å². The molecular weight excluding hydrogens is 158 g/mol. The summed E-state index contributed by atoms with van der Waals surface area (Å²) in [6.45, 7) is 7.83. The third-order valence-electron chi connectivity index (χ3n) is 3.13. The maximum atomic E-state index is 3.42. The van der Waals surface area contributed by atoms with Crippen molar-refractivity contribution in [1.29, 1.82) is 0 Å². The minimum absolute atomic E-state index is 0.214. The van der Waals surface area contributed by atoms with E-state index in [2.05, 4.69) is 44.3 Å². The zero-order valence-corrected chi connectivity index (χ0v) is 8.65. The molecule has 70 valence electrons. The fourth-order valence-corrected chi connectivity index (χ4v) is 1.74. The highest BCUT2D eigenvalue weighted by atomic mass is 14.9. The highest BCUT2D eigenvalue weighted by molar-refractivity contribution is 5.42. The Morgan fingerprint density at radius 3 is 2.92 bits per heavy atom. The maximum Gasteiger partial charge on any atom is 0.0373 e. The zero-order chi connectivity index (χ0) is 9.47. The fourth-order valence-electron chi connectivity index (χ4n) is 1.74. The van der Waals surface area contributed by atoms with E-state index in [0.717, 1.165) is 6.54 Å². The predicted molar refractivity (Wildman–Crippen MR) is 56.3 cm³/mol. The van der Waals surface area contributed by atoms with Crippen LogP contribution in [0.3, 0.4) is 0 Å². The summed E-state index contributed by atoms with van der Waals surface area (Å²) in [6.07, 6.45) is 8.06. The molecule has 1 N–H and O–H groups in total. The molecule has 0 fully saturated rings. The van der Waals surface area contributed by atoms with Gasteiger partial charge in [-0.15, -0.1) is 0 Å². The van der Waals surface area contributed by atoms with E-state index >= 15 is 0 Å². The van der Waals surface area contributed by atoms with Crippen molar-refractivity contribution in [3.63, 3.8) is 0 Å². The Hall–Kier alpha value is -0.980. The molecule has 0 aromatic carbocycles. The van der Waals surface area contributed by atoms with Crippen molar-refractivity contribution in [2.45, 2.75) is 27.2 Å². The summed E-state index contributed by atoms with van der Waals surface area (Å²) in [7, 11) is 0. The monoisotopic (exact) mass is 175 g/mol. The first-order chi connectivity index (χ1) is 6.09. The Kier molecular flexibility index (Phi) is 1.83. The summed E-state index contributed by atoms with van der Waals surface area (Å²) in [4.78, 5) is 0. The van der Waals surface area contributed by atoms with Crippen LogP contribution in [0.1, 0.15) is 27.2 Å². The van der Waals surface area contributed by atoms with Gasteiger partial charge in [-0.1, -0.05) is 31.6 Å². The number of hydrogen-bond acceptors (Lipinski definition) is 1. The summed E-state index contributed by atoms with van der Waals surface area (Å²) in [5.41, 5.74) is 4.44. The lowest BCUT2D eigenvalue weighted by Crippen LogP contribution is -2.11. The number of allylic oxidation sites excluding steroid dienone is 4. The standard InChI is InChI=1S/C12H17N/c1-9-8-11-10(5-7-13-11)4-6-12(9,2)3/h4,6,8,13H,5,7H2,1-3H3. The molecule has 1 nitrogen and oxygen atoms in total. The van der Waals surface area contributed by atoms with Crippen LogP contribution in [-0.4, -0.2) is 6.54 Å². The predicted octanol–water partition coefficient (Wildman–Crippen LogP) is 2.78. The maximum absolute atomic E-state index is 3.42. The lowest BCUT2D eigenvalue weighted by Gasteiger charge is -2.20. The third-order valence-corrected chi connectivity index (χ3v) is 3.13.